The molecule has 21 heavy (non-hydrogen) atoms. The summed E-state index contributed by atoms with van der Waals surface area (Å²) in [6, 6.07) is 0. The van der Waals surface area contributed by atoms with Gasteiger partial charge in [0.1, 0.15) is 11.4 Å². The summed E-state index contributed by atoms with van der Waals surface area (Å²) in [5.41, 5.74) is 5.48. The van der Waals surface area contributed by atoms with Gasteiger partial charge in [0.25, 0.3) is 0 Å². The second kappa shape index (κ2) is 6.56. The van der Waals surface area contributed by atoms with Crippen LogP contribution in [0.4, 0.5) is 0 Å². The van der Waals surface area contributed by atoms with Gasteiger partial charge in [0.15, 0.2) is 5.82 Å². The van der Waals surface area contributed by atoms with Gasteiger partial charge in [0, 0.05) is 19.4 Å². The summed E-state index contributed by atoms with van der Waals surface area (Å²) in [6.07, 6.45) is 5.21. The summed E-state index contributed by atoms with van der Waals surface area (Å²) in [4.78, 5) is 16.5. The predicted octanol–water partition coefficient (Wildman–Crippen LogP) is 1.46. The smallest absolute Gasteiger partial charge is 0.326 e. The minimum Gasteiger partial charge on any atom is -0.468 e. The van der Waals surface area contributed by atoms with Crippen molar-refractivity contribution < 1.29 is 9.53 Å². The minimum atomic E-state index is -0.824. The van der Waals surface area contributed by atoms with E-state index in [1.807, 2.05) is 4.68 Å². The molecule has 0 aromatic carbocycles. The molecule has 1 saturated carbocycles. The van der Waals surface area contributed by atoms with E-state index in [9.17, 15) is 4.79 Å². The van der Waals surface area contributed by atoms with Crippen LogP contribution in [0.2, 0.25) is 0 Å². The molecule has 0 spiro atoms. The molecule has 6 nitrogen and oxygen atoms in total. The van der Waals surface area contributed by atoms with Crippen LogP contribution in [-0.4, -0.2) is 33.4 Å². The first-order valence-electron chi connectivity index (χ1n) is 7.85. The lowest BCUT2D eigenvalue weighted by Crippen LogP contribution is -2.51. The van der Waals surface area contributed by atoms with Gasteiger partial charge >= 0.3 is 5.97 Å². The number of hydrogen-bond donors (Lipinski definition) is 1. The molecule has 2 N–H and O–H groups in total. The van der Waals surface area contributed by atoms with E-state index in [0.29, 0.717) is 6.42 Å². The molecule has 0 radical (unpaired) electrons. The van der Waals surface area contributed by atoms with Gasteiger partial charge in [-0.15, -0.1) is 0 Å². The number of methoxy groups -OCH3 is 1. The van der Waals surface area contributed by atoms with Crippen LogP contribution in [0.5, 0.6) is 0 Å². The molecule has 0 aliphatic heterocycles. The number of carbonyl (C=O) groups is 1. The van der Waals surface area contributed by atoms with Crippen LogP contribution < -0.4 is 5.73 Å². The van der Waals surface area contributed by atoms with Crippen LogP contribution in [0.1, 0.15) is 51.2 Å². The highest BCUT2D eigenvalue weighted by Gasteiger charge is 2.46. The van der Waals surface area contributed by atoms with E-state index in [1.165, 1.54) is 7.11 Å². The summed E-state index contributed by atoms with van der Waals surface area (Å²) in [5.74, 6) is 1.76. The number of nitrogens with two attached hydrogens (primary N) is 1. The Morgan fingerprint density at radius 1 is 1.48 bits per heavy atom. The van der Waals surface area contributed by atoms with E-state index in [4.69, 9.17) is 10.5 Å². The van der Waals surface area contributed by atoms with E-state index in [-0.39, 0.29) is 11.9 Å². The molecule has 2 atom stereocenters. The number of aryl methyl sites for hydroxylation is 3. The van der Waals surface area contributed by atoms with Crippen molar-refractivity contribution >= 4 is 5.97 Å². The summed E-state index contributed by atoms with van der Waals surface area (Å²) in [6.45, 7) is 4.90. The van der Waals surface area contributed by atoms with E-state index >= 15 is 0 Å². The van der Waals surface area contributed by atoms with E-state index in [1.54, 1.807) is 0 Å². The summed E-state index contributed by atoms with van der Waals surface area (Å²) in [5, 5.41) is 4.52. The normalized spacial score (nSPS) is 25.2. The Kier molecular flexibility index (Phi) is 4.98. The lowest BCUT2D eigenvalue weighted by atomic mass is 9.85. The van der Waals surface area contributed by atoms with Crippen LogP contribution in [0.3, 0.4) is 0 Å². The fraction of sp³-hybridized carbons (Fsp3) is 0.800. The van der Waals surface area contributed by atoms with Crippen LogP contribution in [0.25, 0.3) is 0 Å². The van der Waals surface area contributed by atoms with Crippen LogP contribution in [0, 0.1) is 5.92 Å². The summed E-state index contributed by atoms with van der Waals surface area (Å²) in [7, 11) is 1.41. The molecular weight excluding hydrogens is 268 g/mol. The molecule has 1 fully saturated rings. The van der Waals surface area contributed by atoms with Gasteiger partial charge in [-0.25, -0.2) is 9.67 Å². The molecule has 1 aliphatic carbocycles. The second-order valence-electron chi connectivity index (χ2n) is 5.78. The third-order valence-electron chi connectivity index (χ3n) is 4.55. The van der Waals surface area contributed by atoms with Gasteiger partial charge in [0.05, 0.1) is 7.11 Å². The van der Waals surface area contributed by atoms with E-state index < -0.39 is 5.54 Å². The number of rotatable bonds is 6. The number of ether oxygens (including phenoxy) is 1. The van der Waals surface area contributed by atoms with Gasteiger partial charge < -0.3 is 10.5 Å². The monoisotopic (exact) mass is 294 g/mol. The lowest BCUT2D eigenvalue weighted by molar-refractivity contribution is -0.148. The fourth-order valence-corrected chi connectivity index (χ4v) is 3.26. The van der Waals surface area contributed by atoms with Gasteiger partial charge in [-0.1, -0.05) is 20.3 Å². The highest BCUT2D eigenvalue weighted by Crippen LogP contribution is 2.37. The van der Waals surface area contributed by atoms with Gasteiger partial charge in [-0.05, 0) is 25.2 Å². The first-order valence-corrected chi connectivity index (χ1v) is 7.85. The average Bonchev–Trinajstić information content (AvgIpc) is 3.08. The Balaban J connectivity index is 2.05. The third-order valence-corrected chi connectivity index (χ3v) is 4.55. The Morgan fingerprint density at radius 2 is 2.24 bits per heavy atom. The standard InChI is InChI=1S/C15H26N4O2/c1-4-12-17-13(5-2)19(18-12)10-8-11-7-6-9-15(11,16)14(20)21-3/h11H,4-10,16H2,1-3H3. The molecule has 0 saturated heterocycles. The molecule has 2 unspecified atom stereocenters. The van der Waals surface area contributed by atoms with Crippen molar-refractivity contribution in [1.82, 2.24) is 14.8 Å². The molecule has 1 aromatic heterocycles. The molecule has 1 aliphatic rings. The molecule has 0 bridgehead atoms. The van der Waals surface area contributed by atoms with Crippen molar-refractivity contribution in [3.05, 3.63) is 11.6 Å². The quantitative estimate of drug-likeness (QED) is 0.803. The third kappa shape index (κ3) is 3.10. The Hall–Kier alpha value is -1.43. The van der Waals surface area contributed by atoms with Crippen molar-refractivity contribution in [2.75, 3.05) is 7.11 Å². The molecule has 0 amide bonds. The maximum absolute atomic E-state index is 11.9. The van der Waals surface area contributed by atoms with Gasteiger partial charge in [-0.2, -0.15) is 5.10 Å². The number of carbonyl (C=O) groups excluding carboxylic acids is 1. The number of esters is 1. The summed E-state index contributed by atoms with van der Waals surface area (Å²) < 4.78 is 6.85. The van der Waals surface area contributed by atoms with Crippen molar-refractivity contribution in [3.63, 3.8) is 0 Å². The first kappa shape index (κ1) is 15.9. The van der Waals surface area contributed by atoms with Crippen molar-refractivity contribution in [2.24, 2.45) is 11.7 Å². The lowest BCUT2D eigenvalue weighted by Gasteiger charge is -2.28. The summed E-state index contributed by atoms with van der Waals surface area (Å²) >= 11 is 0. The number of hydrogen-bond acceptors (Lipinski definition) is 5. The van der Waals surface area contributed by atoms with Gasteiger partial charge in [0.2, 0.25) is 0 Å². The van der Waals surface area contributed by atoms with Crippen LogP contribution >= 0.6 is 0 Å². The highest BCUT2D eigenvalue weighted by atomic mass is 16.5. The average molecular weight is 294 g/mol. The molecule has 2 rings (SSSR count). The highest BCUT2D eigenvalue weighted by molar-refractivity contribution is 5.81. The van der Waals surface area contributed by atoms with Crippen LogP contribution in [0.15, 0.2) is 0 Å². The first-order chi connectivity index (χ1) is 10.0. The molecule has 1 aromatic rings. The zero-order valence-corrected chi connectivity index (χ0v) is 13.3. The Labute approximate surface area is 126 Å². The van der Waals surface area contributed by atoms with Crippen molar-refractivity contribution in [1.29, 1.82) is 0 Å². The van der Waals surface area contributed by atoms with Gasteiger partial charge in [-0.3, -0.25) is 4.79 Å². The molecule has 1 heterocycles. The van der Waals surface area contributed by atoms with Crippen molar-refractivity contribution in [3.8, 4) is 0 Å². The molecule has 6 heteroatoms. The maximum atomic E-state index is 11.9. The number of aromatic nitrogens is 3. The minimum absolute atomic E-state index is 0.156. The Bertz CT molecular complexity index is 500. The predicted molar refractivity (Wildman–Crippen MR) is 79.7 cm³/mol. The van der Waals surface area contributed by atoms with E-state index in [2.05, 4.69) is 23.9 Å². The van der Waals surface area contributed by atoms with Crippen molar-refractivity contribution in [2.45, 2.75) is 64.5 Å². The maximum Gasteiger partial charge on any atom is 0.326 e. The topological polar surface area (TPSA) is 83.0 Å². The second-order valence-corrected chi connectivity index (χ2v) is 5.78. The molecule has 118 valence electrons. The van der Waals surface area contributed by atoms with E-state index in [0.717, 1.165) is 50.3 Å². The number of nitrogens with zero attached hydrogens (tertiary/aromatic N) is 3. The zero-order valence-electron chi connectivity index (χ0n) is 13.3. The Morgan fingerprint density at radius 3 is 2.86 bits per heavy atom. The van der Waals surface area contributed by atoms with Crippen LogP contribution in [-0.2, 0) is 28.9 Å². The SMILES string of the molecule is CCc1nc(CC)n(CCC2CCCC2(N)C(=O)OC)n1. The largest absolute Gasteiger partial charge is 0.468 e. The molecular formula is C15H26N4O2. The zero-order chi connectivity index (χ0) is 15.5. The fourth-order valence-electron chi connectivity index (χ4n) is 3.26.